The summed E-state index contributed by atoms with van der Waals surface area (Å²) in [6, 6.07) is 6.18. The third kappa shape index (κ3) is 4.31. The Balaban J connectivity index is 1.34. The number of carbonyl (C=O) groups is 3. The summed E-state index contributed by atoms with van der Waals surface area (Å²) in [5.74, 6) is -0.359. The molecule has 4 amide bonds. The van der Waals surface area contributed by atoms with Crippen molar-refractivity contribution >= 4 is 17.8 Å². The number of nitrogens with zero attached hydrogens (tertiary/aromatic N) is 3. The topological polar surface area (TPSA) is 73.0 Å². The highest BCUT2D eigenvalue weighted by atomic mass is 19.1. The second-order valence-electron chi connectivity index (χ2n) is 9.30. The van der Waals surface area contributed by atoms with Crippen molar-refractivity contribution in [3.63, 3.8) is 0 Å². The van der Waals surface area contributed by atoms with Gasteiger partial charge in [0.05, 0.1) is 0 Å². The van der Waals surface area contributed by atoms with Gasteiger partial charge in [0.2, 0.25) is 5.91 Å². The Kier molecular flexibility index (Phi) is 6.01. The van der Waals surface area contributed by atoms with Gasteiger partial charge in [0.1, 0.15) is 11.4 Å². The van der Waals surface area contributed by atoms with Crippen LogP contribution in [0, 0.1) is 11.7 Å². The molecule has 1 spiro atoms. The molecule has 0 radical (unpaired) electrons. The van der Waals surface area contributed by atoms with Gasteiger partial charge in [-0.05, 0) is 43.4 Å². The van der Waals surface area contributed by atoms with E-state index in [4.69, 9.17) is 0 Å². The maximum absolute atomic E-state index is 13.4. The van der Waals surface area contributed by atoms with Gasteiger partial charge >= 0.3 is 6.03 Å². The zero-order chi connectivity index (χ0) is 22.2. The number of amides is 4. The first-order chi connectivity index (χ1) is 14.8. The molecule has 0 bridgehead atoms. The lowest BCUT2D eigenvalue weighted by atomic mass is 9.86. The van der Waals surface area contributed by atoms with E-state index in [1.54, 1.807) is 17.0 Å². The number of nitrogens with one attached hydrogen (secondary N) is 1. The molecule has 3 aliphatic rings. The van der Waals surface area contributed by atoms with Gasteiger partial charge in [-0.3, -0.25) is 19.4 Å². The molecule has 1 aromatic carbocycles. The first-order valence-corrected chi connectivity index (χ1v) is 11.2. The number of hydrogen-bond donors (Lipinski definition) is 1. The summed E-state index contributed by atoms with van der Waals surface area (Å²) in [5.41, 5.74) is 0.0545. The standard InChI is InChI=1S/C23H31FN4O3/c1-16(2)20(29)27-12-8-23(9-13-27)21(30)28(22(31)25-23)19-6-10-26(11-7-19)15-17-4-3-5-18(24)14-17/h3-5,14,16,19H,6-13,15H2,1-2H3,(H,25,31). The molecule has 31 heavy (non-hydrogen) atoms. The van der Waals surface area contributed by atoms with Crippen LogP contribution in [0.5, 0.6) is 0 Å². The van der Waals surface area contributed by atoms with Gasteiger partial charge in [-0.1, -0.05) is 26.0 Å². The monoisotopic (exact) mass is 430 g/mol. The van der Waals surface area contributed by atoms with E-state index < -0.39 is 5.54 Å². The van der Waals surface area contributed by atoms with Gasteiger partial charge in [-0.15, -0.1) is 0 Å². The van der Waals surface area contributed by atoms with Crippen molar-refractivity contribution in [3.8, 4) is 0 Å². The number of carbonyl (C=O) groups excluding carboxylic acids is 3. The van der Waals surface area contributed by atoms with Crippen LogP contribution in [0.1, 0.15) is 45.1 Å². The van der Waals surface area contributed by atoms with Gasteiger partial charge in [0, 0.05) is 44.7 Å². The summed E-state index contributed by atoms with van der Waals surface area (Å²) in [7, 11) is 0. The Morgan fingerprint density at radius 2 is 1.84 bits per heavy atom. The molecule has 0 aromatic heterocycles. The number of benzene rings is 1. The quantitative estimate of drug-likeness (QED) is 0.745. The molecular weight excluding hydrogens is 399 g/mol. The number of halogens is 1. The predicted octanol–water partition coefficient (Wildman–Crippen LogP) is 2.36. The number of urea groups is 1. The molecule has 4 rings (SSSR count). The third-order valence-electron chi connectivity index (χ3n) is 6.83. The highest BCUT2D eigenvalue weighted by Crippen LogP contribution is 2.33. The molecule has 7 nitrogen and oxygen atoms in total. The molecule has 0 saturated carbocycles. The third-order valence-corrected chi connectivity index (χ3v) is 6.83. The lowest BCUT2D eigenvalue weighted by molar-refractivity contribution is -0.141. The molecule has 0 unspecified atom stereocenters. The molecule has 168 valence electrons. The van der Waals surface area contributed by atoms with Gasteiger partial charge in [-0.2, -0.15) is 0 Å². The first-order valence-electron chi connectivity index (χ1n) is 11.2. The number of hydrogen-bond acceptors (Lipinski definition) is 4. The zero-order valence-electron chi connectivity index (χ0n) is 18.3. The second-order valence-corrected chi connectivity index (χ2v) is 9.30. The smallest absolute Gasteiger partial charge is 0.325 e. The summed E-state index contributed by atoms with van der Waals surface area (Å²) < 4.78 is 13.4. The van der Waals surface area contributed by atoms with Crippen molar-refractivity contribution in [1.29, 1.82) is 0 Å². The van der Waals surface area contributed by atoms with Crippen LogP contribution in [0.25, 0.3) is 0 Å². The Bertz CT molecular complexity index is 858. The number of likely N-dealkylation sites (tertiary alicyclic amines) is 2. The summed E-state index contributed by atoms with van der Waals surface area (Å²) in [6.45, 7) is 6.89. The van der Waals surface area contributed by atoms with Crippen LogP contribution >= 0.6 is 0 Å². The minimum absolute atomic E-state index is 0.0722. The summed E-state index contributed by atoms with van der Waals surface area (Å²) >= 11 is 0. The van der Waals surface area contributed by atoms with Crippen molar-refractivity contribution in [3.05, 3.63) is 35.6 Å². The summed E-state index contributed by atoms with van der Waals surface area (Å²) in [4.78, 5) is 43.8. The Labute approximate surface area is 182 Å². The minimum atomic E-state index is -0.871. The molecular formula is C23H31FN4O3. The molecule has 1 aromatic rings. The normalized spacial score (nSPS) is 22.5. The number of imide groups is 1. The van der Waals surface area contributed by atoms with Crippen molar-refractivity contribution in [2.45, 2.75) is 57.7 Å². The van der Waals surface area contributed by atoms with Crippen molar-refractivity contribution in [2.75, 3.05) is 26.2 Å². The molecule has 3 aliphatic heterocycles. The van der Waals surface area contributed by atoms with Crippen LogP contribution in [-0.2, 0) is 16.1 Å². The number of rotatable bonds is 4. The molecule has 1 N–H and O–H groups in total. The van der Waals surface area contributed by atoms with E-state index in [1.165, 1.54) is 11.0 Å². The van der Waals surface area contributed by atoms with E-state index in [1.807, 2.05) is 19.9 Å². The zero-order valence-corrected chi connectivity index (χ0v) is 18.3. The number of piperidine rings is 2. The molecule has 8 heteroatoms. The van der Waals surface area contributed by atoms with Gasteiger partial charge in [-0.25, -0.2) is 9.18 Å². The van der Waals surface area contributed by atoms with Crippen LogP contribution in [0.2, 0.25) is 0 Å². The van der Waals surface area contributed by atoms with Crippen molar-refractivity contribution < 1.29 is 18.8 Å². The highest BCUT2D eigenvalue weighted by Gasteiger charge is 2.54. The van der Waals surface area contributed by atoms with Crippen LogP contribution in [-0.4, -0.2) is 70.3 Å². The molecule has 3 saturated heterocycles. The van der Waals surface area contributed by atoms with E-state index in [-0.39, 0.29) is 35.6 Å². The fourth-order valence-corrected chi connectivity index (χ4v) is 5.01. The van der Waals surface area contributed by atoms with Gasteiger partial charge < -0.3 is 10.2 Å². The van der Waals surface area contributed by atoms with E-state index in [0.717, 1.165) is 18.7 Å². The molecule has 3 heterocycles. The molecule has 3 fully saturated rings. The maximum atomic E-state index is 13.4. The Hall–Kier alpha value is -2.48. The lowest BCUT2D eigenvalue weighted by Crippen LogP contribution is -2.56. The van der Waals surface area contributed by atoms with Crippen molar-refractivity contribution in [1.82, 2.24) is 20.0 Å². The summed E-state index contributed by atoms with van der Waals surface area (Å²) in [6.07, 6.45) is 2.35. The van der Waals surface area contributed by atoms with E-state index in [9.17, 15) is 18.8 Å². The highest BCUT2D eigenvalue weighted by molar-refractivity contribution is 6.07. The minimum Gasteiger partial charge on any atom is -0.342 e. The molecule has 0 atom stereocenters. The van der Waals surface area contributed by atoms with Crippen LogP contribution in [0.15, 0.2) is 24.3 Å². The lowest BCUT2D eigenvalue weighted by Gasteiger charge is -2.39. The molecule has 0 aliphatic carbocycles. The second kappa shape index (κ2) is 8.57. The predicted molar refractivity (Wildman–Crippen MR) is 113 cm³/mol. The maximum Gasteiger partial charge on any atom is 0.325 e. The first kappa shape index (κ1) is 21.7. The fraction of sp³-hybridized carbons (Fsp3) is 0.609. The largest absolute Gasteiger partial charge is 0.342 e. The van der Waals surface area contributed by atoms with E-state index in [2.05, 4.69) is 10.2 Å². The van der Waals surface area contributed by atoms with Crippen LogP contribution in [0.3, 0.4) is 0 Å². The van der Waals surface area contributed by atoms with Crippen LogP contribution < -0.4 is 5.32 Å². The fourth-order valence-electron chi connectivity index (χ4n) is 5.01. The van der Waals surface area contributed by atoms with Gasteiger partial charge in [0.25, 0.3) is 5.91 Å². The summed E-state index contributed by atoms with van der Waals surface area (Å²) in [5, 5.41) is 2.96. The van der Waals surface area contributed by atoms with E-state index >= 15 is 0 Å². The Morgan fingerprint density at radius 1 is 1.16 bits per heavy atom. The Morgan fingerprint density at radius 3 is 2.45 bits per heavy atom. The average Bonchev–Trinajstić information content (AvgIpc) is 2.98. The van der Waals surface area contributed by atoms with Crippen LogP contribution in [0.4, 0.5) is 9.18 Å². The average molecular weight is 431 g/mol. The van der Waals surface area contributed by atoms with Gasteiger partial charge in [0.15, 0.2) is 0 Å². The van der Waals surface area contributed by atoms with Crippen molar-refractivity contribution in [2.24, 2.45) is 5.92 Å². The van der Waals surface area contributed by atoms with E-state index in [0.29, 0.717) is 45.3 Å². The SMILES string of the molecule is CC(C)C(=O)N1CCC2(CC1)NC(=O)N(C1CCN(Cc3cccc(F)c3)CC1)C2=O.